The van der Waals surface area contributed by atoms with Crippen LogP contribution in [0.15, 0.2) is 21.3 Å². The van der Waals surface area contributed by atoms with E-state index in [0.717, 1.165) is 18.8 Å². The number of aliphatic hydroxyl groups is 1. The smallest absolute Gasteiger partial charge is 0.240 e. The molecular weight excluding hydrogens is 250 g/mol. The van der Waals surface area contributed by atoms with Crippen molar-refractivity contribution in [3.05, 3.63) is 34.1 Å². The standard InChI is InChI=1S/C12H17N3O2S/c1-2-11-13-12(17-14-11)8-15(4-5-16)7-10-3-6-18-9-10/h3,6,9,16H,2,4-5,7-8H2,1H3. The van der Waals surface area contributed by atoms with Gasteiger partial charge in [0.2, 0.25) is 5.89 Å². The van der Waals surface area contributed by atoms with Crippen molar-refractivity contribution in [2.75, 3.05) is 13.2 Å². The molecule has 0 fully saturated rings. The molecule has 0 saturated carbocycles. The van der Waals surface area contributed by atoms with Gasteiger partial charge in [-0.15, -0.1) is 0 Å². The van der Waals surface area contributed by atoms with E-state index in [0.29, 0.717) is 19.0 Å². The highest BCUT2D eigenvalue weighted by Gasteiger charge is 2.12. The van der Waals surface area contributed by atoms with Crippen LogP contribution in [0.2, 0.25) is 0 Å². The van der Waals surface area contributed by atoms with Gasteiger partial charge >= 0.3 is 0 Å². The van der Waals surface area contributed by atoms with E-state index in [1.165, 1.54) is 5.56 Å². The van der Waals surface area contributed by atoms with E-state index in [1.807, 2.05) is 12.3 Å². The molecule has 0 saturated heterocycles. The first-order chi connectivity index (χ1) is 8.81. The topological polar surface area (TPSA) is 62.4 Å². The fraction of sp³-hybridized carbons (Fsp3) is 0.500. The Morgan fingerprint density at radius 3 is 2.94 bits per heavy atom. The van der Waals surface area contributed by atoms with Crippen molar-refractivity contribution in [2.45, 2.75) is 26.4 Å². The molecule has 18 heavy (non-hydrogen) atoms. The summed E-state index contributed by atoms with van der Waals surface area (Å²) < 4.78 is 5.17. The number of aliphatic hydroxyl groups excluding tert-OH is 1. The first kappa shape index (κ1) is 13.2. The van der Waals surface area contributed by atoms with E-state index in [4.69, 9.17) is 9.63 Å². The second-order valence-corrected chi connectivity index (χ2v) is 4.80. The maximum Gasteiger partial charge on any atom is 0.240 e. The van der Waals surface area contributed by atoms with Crippen molar-refractivity contribution in [3.8, 4) is 0 Å². The number of aryl methyl sites for hydroxylation is 1. The molecule has 0 aliphatic rings. The van der Waals surface area contributed by atoms with Gasteiger partial charge in [0.05, 0.1) is 13.2 Å². The molecule has 2 aromatic heterocycles. The molecule has 2 rings (SSSR count). The average molecular weight is 267 g/mol. The van der Waals surface area contributed by atoms with Gasteiger partial charge < -0.3 is 9.63 Å². The summed E-state index contributed by atoms with van der Waals surface area (Å²) >= 11 is 1.67. The van der Waals surface area contributed by atoms with Crippen molar-refractivity contribution in [1.82, 2.24) is 15.0 Å². The van der Waals surface area contributed by atoms with Crippen LogP contribution in [0.5, 0.6) is 0 Å². The lowest BCUT2D eigenvalue weighted by atomic mass is 10.3. The van der Waals surface area contributed by atoms with Gasteiger partial charge in [-0.25, -0.2) is 0 Å². The molecule has 2 aromatic rings. The molecule has 2 heterocycles. The van der Waals surface area contributed by atoms with Crippen LogP contribution in [-0.2, 0) is 19.5 Å². The number of thiophene rings is 1. The largest absolute Gasteiger partial charge is 0.395 e. The van der Waals surface area contributed by atoms with Gasteiger partial charge in [0.25, 0.3) is 0 Å². The van der Waals surface area contributed by atoms with E-state index in [2.05, 4.69) is 26.5 Å². The third kappa shape index (κ3) is 3.63. The minimum Gasteiger partial charge on any atom is -0.395 e. The number of aromatic nitrogens is 2. The normalized spacial score (nSPS) is 11.3. The minimum absolute atomic E-state index is 0.124. The molecule has 0 aliphatic heterocycles. The number of hydrogen-bond acceptors (Lipinski definition) is 6. The molecule has 0 aliphatic carbocycles. The van der Waals surface area contributed by atoms with Crippen LogP contribution >= 0.6 is 11.3 Å². The molecular formula is C12H17N3O2S. The average Bonchev–Trinajstić information content (AvgIpc) is 3.00. The van der Waals surface area contributed by atoms with Crippen LogP contribution in [0.25, 0.3) is 0 Å². The fourth-order valence-corrected chi connectivity index (χ4v) is 2.35. The zero-order valence-electron chi connectivity index (χ0n) is 10.4. The maximum absolute atomic E-state index is 9.09. The lowest BCUT2D eigenvalue weighted by Gasteiger charge is -2.18. The highest BCUT2D eigenvalue weighted by atomic mass is 32.1. The summed E-state index contributed by atoms with van der Waals surface area (Å²) in [4.78, 5) is 6.37. The molecule has 0 radical (unpaired) electrons. The summed E-state index contributed by atoms with van der Waals surface area (Å²) in [5.74, 6) is 1.33. The fourth-order valence-electron chi connectivity index (χ4n) is 1.69. The number of rotatable bonds is 7. The van der Waals surface area contributed by atoms with Crippen molar-refractivity contribution >= 4 is 11.3 Å². The molecule has 0 atom stereocenters. The van der Waals surface area contributed by atoms with Gasteiger partial charge in [-0.3, -0.25) is 4.90 Å². The lowest BCUT2D eigenvalue weighted by molar-refractivity contribution is 0.168. The molecule has 0 amide bonds. The number of hydrogen-bond donors (Lipinski definition) is 1. The molecule has 6 heteroatoms. The zero-order chi connectivity index (χ0) is 12.8. The van der Waals surface area contributed by atoms with Crippen LogP contribution in [0, 0.1) is 0 Å². The van der Waals surface area contributed by atoms with E-state index in [9.17, 15) is 0 Å². The van der Waals surface area contributed by atoms with Crippen LogP contribution in [0.4, 0.5) is 0 Å². The first-order valence-electron chi connectivity index (χ1n) is 5.97. The Balaban J connectivity index is 1.97. The van der Waals surface area contributed by atoms with E-state index in [-0.39, 0.29) is 6.61 Å². The van der Waals surface area contributed by atoms with Gasteiger partial charge in [-0.1, -0.05) is 12.1 Å². The Labute approximate surface area is 110 Å². The Bertz CT molecular complexity index is 456. The molecule has 98 valence electrons. The van der Waals surface area contributed by atoms with Crippen molar-refractivity contribution in [2.24, 2.45) is 0 Å². The van der Waals surface area contributed by atoms with Crippen molar-refractivity contribution in [3.63, 3.8) is 0 Å². The third-order valence-electron chi connectivity index (χ3n) is 2.59. The van der Waals surface area contributed by atoms with E-state index >= 15 is 0 Å². The summed E-state index contributed by atoms with van der Waals surface area (Å²) in [7, 11) is 0. The Morgan fingerprint density at radius 2 is 2.33 bits per heavy atom. The van der Waals surface area contributed by atoms with Crippen LogP contribution in [0.3, 0.4) is 0 Å². The highest BCUT2D eigenvalue weighted by molar-refractivity contribution is 7.07. The predicted molar refractivity (Wildman–Crippen MR) is 69.2 cm³/mol. The molecule has 0 aromatic carbocycles. The van der Waals surface area contributed by atoms with Crippen LogP contribution in [-0.4, -0.2) is 33.3 Å². The summed E-state index contributed by atoms with van der Waals surface area (Å²) in [5, 5.41) is 17.1. The minimum atomic E-state index is 0.124. The van der Waals surface area contributed by atoms with Gasteiger partial charge in [-0.2, -0.15) is 16.3 Å². The first-order valence-corrected chi connectivity index (χ1v) is 6.92. The molecule has 0 unspecified atom stereocenters. The summed E-state index contributed by atoms with van der Waals surface area (Å²) in [6.45, 7) is 4.07. The second kappa shape index (κ2) is 6.63. The van der Waals surface area contributed by atoms with Crippen molar-refractivity contribution in [1.29, 1.82) is 0 Å². The quantitative estimate of drug-likeness (QED) is 0.827. The van der Waals surface area contributed by atoms with E-state index in [1.54, 1.807) is 11.3 Å². The zero-order valence-corrected chi connectivity index (χ0v) is 11.2. The van der Waals surface area contributed by atoms with Gasteiger partial charge in [0, 0.05) is 19.5 Å². The second-order valence-electron chi connectivity index (χ2n) is 4.02. The van der Waals surface area contributed by atoms with Crippen molar-refractivity contribution < 1.29 is 9.63 Å². The van der Waals surface area contributed by atoms with E-state index < -0.39 is 0 Å². The monoisotopic (exact) mass is 267 g/mol. The molecule has 1 N–H and O–H groups in total. The van der Waals surface area contributed by atoms with Gasteiger partial charge in [0.15, 0.2) is 5.82 Å². The third-order valence-corrected chi connectivity index (χ3v) is 3.32. The molecule has 0 bridgehead atoms. The molecule has 0 spiro atoms. The van der Waals surface area contributed by atoms with Crippen LogP contribution in [0.1, 0.15) is 24.2 Å². The Kier molecular flexibility index (Phi) is 4.86. The summed E-state index contributed by atoms with van der Waals surface area (Å²) in [6.07, 6.45) is 0.772. The maximum atomic E-state index is 9.09. The number of nitrogens with zero attached hydrogens (tertiary/aromatic N) is 3. The predicted octanol–water partition coefficient (Wildman–Crippen LogP) is 1.69. The molecule has 5 nitrogen and oxygen atoms in total. The highest BCUT2D eigenvalue weighted by Crippen LogP contribution is 2.11. The van der Waals surface area contributed by atoms with Gasteiger partial charge in [0.1, 0.15) is 0 Å². The lowest BCUT2D eigenvalue weighted by Crippen LogP contribution is -2.26. The summed E-state index contributed by atoms with van der Waals surface area (Å²) in [6, 6.07) is 2.08. The van der Waals surface area contributed by atoms with Crippen LogP contribution < -0.4 is 0 Å². The Morgan fingerprint density at radius 1 is 1.44 bits per heavy atom. The van der Waals surface area contributed by atoms with Gasteiger partial charge in [-0.05, 0) is 22.4 Å². The summed E-state index contributed by atoms with van der Waals surface area (Å²) in [5.41, 5.74) is 1.24. The Hall–Kier alpha value is -1.24. The SMILES string of the molecule is CCc1noc(CN(CCO)Cc2ccsc2)n1.